The van der Waals surface area contributed by atoms with Gasteiger partial charge in [-0.1, -0.05) is 13.8 Å². The van der Waals surface area contributed by atoms with Crippen LogP contribution in [0.25, 0.3) is 0 Å². The molecule has 1 saturated heterocycles. The predicted octanol–water partition coefficient (Wildman–Crippen LogP) is -0.663. The number of aromatic amines is 2. The number of imidazole rings is 2. The highest BCUT2D eigenvalue weighted by atomic mass is 16.4. The Labute approximate surface area is 208 Å². The van der Waals surface area contributed by atoms with E-state index in [9.17, 15) is 24.3 Å². The van der Waals surface area contributed by atoms with Crippen LogP contribution in [0.4, 0.5) is 0 Å². The van der Waals surface area contributed by atoms with Gasteiger partial charge >= 0.3 is 5.97 Å². The van der Waals surface area contributed by atoms with E-state index in [1.54, 1.807) is 12.4 Å². The standard InChI is InChI=1S/C23H34N8O5/c1-13(2)6-18(23(35)36)30-21(33)19-4-3-5-31(19)22(34)17(8-15-10-26-12-28-15)29-20(32)16(24)7-14-9-25-11-27-14/h9-13,16-19H,3-8,24H2,1-2H3,(H,25,27)(H,26,28)(H,29,32)(H,30,33)(H,35,36). The Morgan fingerprint density at radius 1 is 1.08 bits per heavy atom. The SMILES string of the molecule is CC(C)CC(NC(=O)C1CCCN1C(=O)C(Cc1cnc[nH]1)NC(=O)C(N)Cc1cnc[nH]1)C(=O)O. The minimum atomic E-state index is -1.12. The summed E-state index contributed by atoms with van der Waals surface area (Å²) in [6, 6.07) is -3.79. The van der Waals surface area contributed by atoms with Gasteiger partial charge in [-0.15, -0.1) is 0 Å². The first-order chi connectivity index (χ1) is 17.2. The predicted molar refractivity (Wildman–Crippen MR) is 128 cm³/mol. The number of carboxylic acids is 1. The zero-order valence-corrected chi connectivity index (χ0v) is 20.4. The fraction of sp³-hybridized carbons (Fsp3) is 0.565. The van der Waals surface area contributed by atoms with E-state index in [2.05, 4.69) is 30.6 Å². The molecule has 13 nitrogen and oxygen atoms in total. The Bertz CT molecular complexity index is 1020. The molecule has 1 aliphatic rings. The zero-order valence-electron chi connectivity index (χ0n) is 20.4. The number of carboxylic acid groups (broad SMARTS) is 1. The van der Waals surface area contributed by atoms with Crippen LogP contribution in [0, 0.1) is 5.92 Å². The molecule has 1 fully saturated rings. The van der Waals surface area contributed by atoms with Crippen LogP contribution < -0.4 is 16.4 Å². The molecule has 2 aromatic rings. The number of nitrogens with two attached hydrogens (primary N) is 1. The number of hydrogen-bond acceptors (Lipinski definition) is 7. The Morgan fingerprint density at radius 3 is 2.28 bits per heavy atom. The van der Waals surface area contributed by atoms with E-state index >= 15 is 0 Å². The van der Waals surface area contributed by atoms with Gasteiger partial charge in [-0.25, -0.2) is 14.8 Å². The van der Waals surface area contributed by atoms with E-state index in [0.29, 0.717) is 30.8 Å². The Kier molecular flexibility index (Phi) is 9.17. The second kappa shape index (κ2) is 12.3. The molecule has 36 heavy (non-hydrogen) atoms. The van der Waals surface area contributed by atoms with Crippen molar-refractivity contribution in [2.24, 2.45) is 11.7 Å². The van der Waals surface area contributed by atoms with Gasteiger partial charge in [0.15, 0.2) is 0 Å². The fourth-order valence-corrected chi connectivity index (χ4v) is 4.29. The van der Waals surface area contributed by atoms with Crippen molar-refractivity contribution in [3.05, 3.63) is 36.4 Å². The summed E-state index contributed by atoms with van der Waals surface area (Å²) in [4.78, 5) is 66.1. The summed E-state index contributed by atoms with van der Waals surface area (Å²) in [5.74, 6) is -2.54. The number of nitrogens with zero attached hydrogens (tertiary/aromatic N) is 3. The number of aliphatic carboxylic acids is 1. The van der Waals surface area contributed by atoms with Crippen LogP contribution in [0.2, 0.25) is 0 Å². The highest BCUT2D eigenvalue weighted by Gasteiger charge is 2.39. The summed E-state index contributed by atoms with van der Waals surface area (Å²) >= 11 is 0. The third-order valence-electron chi connectivity index (χ3n) is 6.09. The maximum absolute atomic E-state index is 13.6. The highest BCUT2D eigenvalue weighted by Crippen LogP contribution is 2.20. The average Bonchev–Trinajstić information content (AvgIpc) is 3.59. The van der Waals surface area contributed by atoms with Crippen molar-refractivity contribution in [1.82, 2.24) is 35.5 Å². The molecule has 0 bridgehead atoms. The number of amides is 3. The minimum absolute atomic E-state index is 0.0627. The number of rotatable bonds is 12. The second-order valence-electron chi connectivity index (χ2n) is 9.45. The van der Waals surface area contributed by atoms with Crippen molar-refractivity contribution in [1.29, 1.82) is 0 Å². The quantitative estimate of drug-likeness (QED) is 0.219. The van der Waals surface area contributed by atoms with E-state index in [4.69, 9.17) is 5.73 Å². The molecule has 3 rings (SSSR count). The molecular weight excluding hydrogens is 468 g/mol. The molecular formula is C23H34N8O5. The average molecular weight is 503 g/mol. The molecule has 3 amide bonds. The number of carbonyl (C=O) groups excluding carboxylic acids is 3. The first kappa shape index (κ1) is 26.9. The van der Waals surface area contributed by atoms with Gasteiger partial charge in [0.25, 0.3) is 0 Å². The summed E-state index contributed by atoms with van der Waals surface area (Å²) < 4.78 is 0. The van der Waals surface area contributed by atoms with Gasteiger partial charge in [-0.2, -0.15) is 0 Å². The number of hydrogen-bond donors (Lipinski definition) is 6. The maximum Gasteiger partial charge on any atom is 0.326 e. The van der Waals surface area contributed by atoms with Crippen molar-refractivity contribution in [2.75, 3.05) is 6.54 Å². The molecule has 4 atom stereocenters. The van der Waals surface area contributed by atoms with Crippen LogP contribution >= 0.6 is 0 Å². The van der Waals surface area contributed by atoms with Gasteiger partial charge in [-0.3, -0.25) is 14.4 Å². The van der Waals surface area contributed by atoms with Crippen LogP contribution in [0.5, 0.6) is 0 Å². The first-order valence-corrected chi connectivity index (χ1v) is 12.0. The van der Waals surface area contributed by atoms with E-state index in [1.165, 1.54) is 17.6 Å². The topological polar surface area (TPSA) is 199 Å². The van der Waals surface area contributed by atoms with Gasteiger partial charge in [0, 0.05) is 43.2 Å². The van der Waals surface area contributed by atoms with Crippen molar-refractivity contribution in [3.63, 3.8) is 0 Å². The van der Waals surface area contributed by atoms with Crippen LogP contribution in [0.3, 0.4) is 0 Å². The smallest absolute Gasteiger partial charge is 0.326 e. The lowest BCUT2D eigenvalue weighted by molar-refractivity contribution is -0.145. The number of H-pyrrole nitrogens is 2. The molecule has 0 saturated carbocycles. The fourth-order valence-electron chi connectivity index (χ4n) is 4.29. The van der Waals surface area contributed by atoms with Crippen molar-refractivity contribution in [3.8, 4) is 0 Å². The summed E-state index contributed by atoms with van der Waals surface area (Å²) in [5, 5.41) is 14.8. The molecule has 0 aliphatic carbocycles. The highest BCUT2D eigenvalue weighted by molar-refractivity contribution is 5.94. The van der Waals surface area contributed by atoms with Crippen LogP contribution in [0.15, 0.2) is 25.0 Å². The lowest BCUT2D eigenvalue weighted by Crippen LogP contribution is -2.57. The summed E-state index contributed by atoms with van der Waals surface area (Å²) in [6.07, 6.45) is 7.65. The number of carbonyl (C=O) groups is 4. The third-order valence-corrected chi connectivity index (χ3v) is 6.09. The van der Waals surface area contributed by atoms with Gasteiger partial charge in [-0.05, 0) is 25.2 Å². The molecule has 0 aromatic carbocycles. The van der Waals surface area contributed by atoms with Gasteiger partial charge in [0.05, 0.1) is 18.7 Å². The molecule has 2 aromatic heterocycles. The zero-order chi connectivity index (χ0) is 26.2. The number of aromatic nitrogens is 4. The van der Waals surface area contributed by atoms with Crippen molar-refractivity contribution >= 4 is 23.7 Å². The van der Waals surface area contributed by atoms with E-state index in [0.717, 1.165) is 0 Å². The molecule has 4 unspecified atom stereocenters. The lowest BCUT2D eigenvalue weighted by atomic mass is 10.0. The Balaban J connectivity index is 1.72. The van der Waals surface area contributed by atoms with Crippen LogP contribution in [-0.2, 0) is 32.0 Å². The minimum Gasteiger partial charge on any atom is -0.480 e. The number of likely N-dealkylation sites (tertiary alicyclic amines) is 1. The normalized spacial score (nSPS) is 18.0. The Morgan fingerprint density at radius 2 is 1.72 bits per heavy atom. The van der Waals surface area contributed by atoms with Gasteiger partial charge in [0.2, 0.25) is 17.7 Å². The van der Waals surface area contributed by atoms with E-state index < -0.39 is 47.9 Å². The van der Waals surface area contributed by atoms with Crippen molar-refractivity contribution < 1.29 is 24.3 Å². The molecule has 1 aliphatic heterocycles. The second-order valence-corrected chi connectivity index (χ2v) is 9.45. The molecule has 3 heterocycles. The largest absolute Gasteiger partial charge is 0.480 e. The molecule has 13 heteroatoms. The monoisotopic (exact) mass is 502 g/mol. The van der Waals surface area contributed by atoms with Gasteiger partial charge in [0.1, 0.15) is 18.1 Å². The summed E-state index contributed by atoms with van der Waals surface area (Å²) in [6.45, 7) is 4.05. The molecule has 0 spiro atoms. The third kappa shape index (κ3) is 7.13. The van der Waals surface area contributed by atoms with E-state index in [-0.39, 0.29) is 25.2 Å². The number of nitrogens with one attached hydrogen (secondary N) is 4. The first-order valence-electron chi connectivity index (χ1n) is 12.0. The maximum atomic E-state index is 13.6. The van der Waals surface area contributed by atoms with Gasteiger partial charge < -0.3 is 36.3 Å². The van der Waals surface area contributed by atoms with E-state index in [1.807, 2.05) is 13.8 Å². The molecule has 196 valence electrons. The molecule has 7 N–H and O–H groups in total. The Hall–Kier alpha value is -3.74. The lowest BCUT2D eigenvalue weighted by Gasteiger charge is -2.30. The van der Waals surface area contributed by atoms with Crippen LogP contribution in [0.1, 0.15) is 44.5 Å². The van der Waals surface area contributed by atoms with Crippen molar-refractivity contribution in [2.45, 2.75) is 70.1 Å². The van der Waals surface area contributed by atoms with Crippen LogP contribution in [-0.4, -0.2) is 84.3 Å². The summed E-state index contributed by atoms with van der Waals surface area (Å²) in [7, 11) is 0. The molecule has 0 radical (unpaired) electrons. The summed E-state index contributed by atoms with van der Waals surface area (Å²) in [5.41, 5.74) is 7.36.